The Labute approximate surface area is 145 Å². The predicted molar refractivity (Wildman–Crippen MR) is 94.2 cm³/mol. The van der Waals surface area contributed by atoms with Crippen LogP contribution in [-0.4, -0.2) is 37.8 Å². The summed E-state index contributed by atoms with van der Waals surface area (Å²) in [6.45, 7) is -0.229. The van der Waals surface area contributed by atoms with E-state index in [0.29, 0.717) is 17.0 Å². The molecule has 4 rings (SSSR count). The predicted octanol–water partition coefficient (Wildman–Crippen LogP) is 2.18. The van der Waals surface area contributed by atoms with E-state index in [1.165, 1.54) is 4.31 Å². The number of aliphatic hydroxyl groups excluding tert-OH is 1. The van der Waals surface area contributed by atoms with Crippen LogP contribution in [0, 0.1) is 0 Å². The molecule has 128 valence electrons. The van der Waals surface area contributed by atoms with Gasteiger partial charge in [0.25, 0.3) is 10.0 Å². The number of pyridine rings is 1. The Balaban J connectivity index is 1.90. The highest BCUT2D eigenvalue weighted by atomic mass is 32.2. The van der Waals surface area contributed by atoms with Gasteiger partial charge in [-0.15, -0.1) is 0 Å². The molecule has 0 fully saturated rings. The molecule has 7 heteroatoms. The van der Waals surface area contributed by atoms with Gasteiger partial charge in [0, 0.05) is 11.6 Å². The number of nitrogens with zero attached hydrogens (tertiary/aromatic N) is 2. The summed E-state index contributed by atoms with van der Waals surface area (Å²) in [5, 5.41) is 10.2. The minimum Gasteiger partial charge on any atom is -0.484 e. The average Bonchev–Trinajstić information content (AvgIpc) is 2.66. The molecule has 1 unspecified atom stereocenters. The van der Waals surface area contributed by atoms with Crippen molar-refractivity contribution >= 4 is 26.6 Å². The molecule has 0 saturated heterocycles. The van der Waals surface area contributed by atoms with Gasteiger partial charge < -0.3 is 9.84 Å². The molecule has 25 heavy (non-hydrogen) atoms. The van der Waals surface area contributed by atoms with E-state index in [1.54, 1.807) is 48.7 Å². The molecule has 0 bridgehead atoms. The molecule has 1 atom stereocenters. The first-order chi connectivity index (χ1) is 12.1. The van der Waals surface area contributed by atoms with Gasteiger partial charge in [-0.1, -0.05) is 30.3 Å². The molecule has 1 aliphatic heterocycles. The Hall–Kier alpha value is -2.64. The van der Waals surface area contributed by atoms with Gasteiger partial charge in [0.1, 0.15) is 16.7 Å². The largest absolute Gasteiger partial charge is 0.484 e. The molecule has 0 spiro atoms. The Morgan fingerprint density at radius 2 is 1.92 bits per heavy atom. The van der Waals surface area contributed by atoms with Crippen LogP contribution < -0.4 is 9.04 Å². The third-order valence-electron chi connectivity index (χ3n) is 4.16. The fourth-order valence-electron chi connectivity index (χ4n) is 2.99. The van der Waals surface area contributed by atoms with Crippen molar-refractivity contribution in [3.63, 3.8) is 0 Å². The van der Waals surface area contributed by atoms with Gasteiger partial charge in [-0.2, -0.15) is 0 Å². The van der Waals surface area contributed by atoms with Crippen LogP contribution in [0.1, 0.15) is 0 Å². The van der Waals surface area contributed by atoms with Crippen molar-refractivity contribution in [2.45, 2.75) is 11.0 Å². The van der Waals surface area contributed by atoms with Crippen molar-refractivity contribution in [1.29, 1.82) is 0 Å². The number of hydrogen-bond donors (Lipinski definition) is 1. The zero-order valence-electron chi connectivity index (χ0n) is 13.2. The average molecular weight is 356 g/mol. The maximum Gasteiger partial charge on any atom is 0.266 e. The number of hydrogen-bond acceptors (Lipinski definition) is 5. The highest BCUT2D eigenvalue weighted by molar-refractivity contribution is 7.93. The summed E-state index contributed by atoms with van der Waals surface area (Å²) in [6.07, 6.45) is 0.957. The van der Waals surface area contributed by atoms with Gasteiger partial charge in [0.05, 0.1) is 24.4 Å². The monoisotopic (exact) mass is 356 g/mol. The van der Waals surface area contributed by atoms with Crippen LogP contribution in [0.4, 0.5) is 5.69 Å². The molecule has 0 saturated carbocycles. The summed E-state index contributed by atoms with van der Waals surface area (Å²) in [5.74, 6) is 0.435. The van der Waals surface area contributed by atoms with Gasteiger partial charge >= 0.3 is 0 Å². The lowest BCUT2D eigenvalue weighted by molar-refractivity contribution is 0.116. The number of benzene rings is 2. The highest BCUT2D eigenvalue weighted by Gasteiger charge is 2.35. The smallest absolute Gasteiger partial charge is 0.266 e. The number of aliphatic hydroxyl groups is 1. The Bertz CT molecular complexity index is 1030. The van der Waals surface area contributed by atoms with Gasteiger partial charge in [-0.25, -0.2) is 8.42 Å². The molecule has 6 nitrogen and oxygen atoms in total. The zero-order chi connectivity index (χ0) is 17.4. The minimum atomic E-state index is -3.87. The van der Waals surface area contributed by atoms with Crippen molar-refractivity contribution in [1.82, 2.24) is 4.98 Å². The molecular formula is C18H16N2O4S. The van der Waals surface area contributed by atoms with E-state index in [4.69, 9.17) is 4.74 Å². The second-order valence-corrected chi connectivity index (χ2v) is 7.59. The van der Waals surface area contributed by atoms with Crippen molar-refractivity contribution in [2.24, 2.45) is 0 Å². The van der Waals surface area contributed by atoms with Crippen LogP contribution in [0.15, 0.2) is 65.7 Å². The number of ether oxygens (including phenoxy) is 1. The first kappa shape index (κ1) is 15.9. The fraction of sp³-hybridized carbons (Fsp3) is 0.167. The lowest BCUT2D eigenvalue weighted by atomic mass is 10.2. The quantitative estimate of drug-likeness (QED) is 0.778. The second-order valence-electron chi connectivity index (χ2n) is 5.76. The lowest BCUT2D eigenvalue weighted by Crippen LogP contribution is -2.45. The number of fused-ring (bicyclic) bond motifs is 2. The summed E-state index contributed by atoms with van der Waals surface area (Å²) in [7, 11) is -3.87. The van der Waals surface area contributed by atoms with Gasteiger partial charge in [0.15, 0.2) is 0 Å². The Morgan fingerprint density at radius 1 is 1.12 bits per heavy atom. The summed E-state index contributed by atoms with van der Waals surface area (Å²) in [4.78, 5) is 4.39. The van der Waals surface area contributed by atoms with E-state index in [2.05, 4.69) is 4.98 Å². The third kappa shape index (κ3) is 2.61. The number of aromatic nitrogens is 1. The van der Waals surface area contributed by atoms with Crippen molar-refractivity contribution in [3.8, 4) is 5.75 Å². The Kier molecular flexibility index (Phi) is 3.82. The first-order valence-electron chi connectivity index (χ1n) is 7.84. The van der Waals surface area contributed by atoms with Crippen molar-refractivity contribution < 1.29 is 18.3 Å². The van der Waals surface area contributed by atoms with E-state index in [0.717, 1.165) is 5.39 Å². The SMILES string of the molecule is O=S(=O)(c1cccc2cccnc12)N1CC(CO)Oc2ccccc21. The first-order valence-corrected chi connectivity index (χ1v) is 9.28. The zero-order valence-corrected chi connectivity index (χ0v) is 14.1. The van der Waals surface area contributed by atoms with E-state index in [-0.39, 0.29) is 18.0 Å². The second kappa shape index (κ2) is 6.02. The maximum atomic E-state index is 13.4. The summed E-state index contributed by atoms with van der Waals surface area (Å²) in [6, 6.07) is 15.6. The molecule has 1 aromatic heterocycles. The molecule has 2 aromatic carbocycles. The highest BCUT2D eigenvalue weighted by Crippen LogP contribution is 2.37. The van der Waals surface area contributed by atoms with Gasteiger partial charge in [-0.05, 0) is 24.3 Å². The summed E-state index contributed by atoms with van der Waals surface area (Å²) in [5.41, 5.74) is 0.884. The normalized spacial score (nSPS) is 17.2. The standard InChI is InChI=1S/C18H16N2O4S/c21-12-14-11-20(15-7-1-2-8-16(15)24-14)25(22,23)17-9-3-5-13-6-4-10-19-18(13)17/h1-10,14,21H,11-12H2. The van der Waals surface area contributed by atoms with Crippen LogP contribution in [0.25, 0.3) is 10.9 Å². The van der Waals surface area contributed by atoms with E-state index in [9.17, 15) is 13.5 Å². The Morgan fingerprint density at radius 3 is 2.76 bits per heavy atom. The summed E-state index contributed by atoms with van der Waals surface area (Å²) < 4.78 is 33.7. The molecule has 2 heterocycles. The van der Waals surface area contributed by atoms with Crippen LogP contribution in [0.3, 0.4) is 0 Å². The van der Waals surface area contributed by atoms with Gasteiger partial charge in [0.2, 0.25) is 0 Å². The maximum absolute atomic E-state index is 13.4. The molecule has 1 N–H and O–H groups in total. The van der Waals surface area contributed by atoms with Crippen LogP contribution in [0.2, 0.25) is 0 Å². The van der Waals surface area contributed by atoms with Crippen LogP contribution in [0.5, 0.6) is 5.75 Å². The number of para-hydroxylation sites is 3. The van der Waals surface area contributed by atoms with Crippen molar-refractivity contribution in [2.75, 3.05) is 17.5 Å². The van der Waals surface area contributed by atoms with E-state index in [1.807, 2.05) is 12.1 Å². The van der Waals surface area contributed by atoms with Crippen molar-refractivity contribution in [3.05, 3.63) is 60.8 Å². The van der Waals surface area contributed by atoms with Gasteiger partial charge in [-0.3, -0.25) is 9.29 Å². The molecule has 0 aliphatic carbocycles. The topological polar surface area (TPSA) is 79.7 Å². The number of rotatable bonds is 3. The van der Waals surface area contributed by atoms with Crippen LogP contribution >= 0.6 is 0 Å². The minimum absolute atomic E-state index is 0.0407. The number of sulfonamides is 1. The molecule has 0 radical (unpaired) electrons. The molecular weight excluding hydrogens is 340 g/mol. The van der Waals surface area contributed by atoms with Crippen LogP contribution in [-0.2, 0) is 10.0 Å². The van der Waals surface area contributed by atoms with E-state index >= 15 is 0 Å². The third-order valence-corrected chi connectivity index (χ3v) is 5.98. The number of anilines is 1. The molecule has 1 aliphatic rings. The molecule has 3 aromatic rings. The van der Waals surface area contributed by atoms with E-state index < -0.39 is 16.1 Å². The lowest BCUT2D eigenvalue weighted by Gasteiger charge is -2.34. The summed E-state index contributed by atoms with van der Waals surface area (Å²) >= 11 is 0. The fourth-order valence-corrected chi connectivity index (χ4v) is 4.66. The molecule has 0 amide bonds.